The van der Waals surface area contributed by atoms with Crippen LogP contribution in [0.4, 0.5) is 0 Å². The van der Waals surface area contributed by atoms with Crippen LogP contribution in [-0.4, -0.2) is 29.6 Å². The van der Waals surface area contributed by atoms with Crippen molar-refractivity contribution in [3.05, 3.63) is 33.4 Å². The Labute approximate surface area is 138 Å². The molecule has 0 saturated carbocycles. The highest BCUT2D eigenvalue weighted by atomic mass is 124. The lowest BCUT2D eigenvalue weighted by atomic mass is 10.1. The lowest BCUT2D eigenvalue weighted by Gasteiger charge is -2.07. The van der Waals surface area contributed by atoms with E-state index >= 15 is 0 Å². The van der Waals surface area contributed by atoms with Gasteiger partial charge in [-0.1, -0.05) is 12.1 Å². The quantitative estimate of drug-likeness (QED) is 0.436. The monoisotopic (exact) mass is 401 g/mol. The van der Waals surface area contributed by atoms with Gasteiger partial charge in [0.15, 0.2) is 0 Å². The molecule has 0 spiro atoms. The number of rotatable bonds is 9. The van der Waals surface area contributed by atoms with Gasteiger partial charge in [0.2, 0.25) is 5.91 Å². The number of nitrogens with one attached hydrogen (secondary N) is 1. The molecule has 0 aliphatic heterocycles. The van der Waals surface area contributed by atoms with Gasteiger partial charge in [-0.3, -0.25) is 9.59 Å². The highest BCUT2D eigenvalue weighted by Gasteiger charge is 2.10. The van der Waals surface area contributed by atoms with Gasteiger partial charge in [-0.15, -0.1) is 0 Å². The van der Waals surface area contributed by atoms with Crippen molar-refractivity contribution in [2.24, 2.45) is 5.73 Å². The third-order valence-corrected chi connectivity index (χ3v) is 3.85. The number of halogens is 1. The van der Waals surface area contributed by atoms with Crippen molar-refractivity contribution in [1.29, 1.82) is 0 Å². The molecule has 0 unspecified atom stereocenters. The number of carbonyl (C=O) groups excluding carboxylic acids is 1. The molecular formula is C15H21IN2O3. The van der Waals surface area contributed by atoms with E-state index in [2.05, 4.69) is 27.9 Å². The first-order chi connectivity index (χ1) is 9.99. The Morgan fingerprint density at radius 2 is 1.90 bits per heavy atom. The van der Waals surface area contributed by atoms with E-state index in [9.17, 15) is 9.59 Å². The van der Waals surface area contributed by atoms with E-state index in [1.54, 1.807) is 0 Å². The van der Waals surface area contributed by atoms with E-state index in [1.807, 2.05) is 24.3 Å². The molecule has 0 aliphatic rings. The van der Waals surface area contributed by atoms with Crippen LogP contribution in [0.3, 0.4) is 0 Å². The molecule has 0 fully saturated rings. The van der Waals surface area contributed by atoms with Gasteiger partial charge < -0.3 is 16.2 Å². The molecule has 1 amide bonds. The Bertz CT molecular complexity index is 462. The van der Waals surface area contributed by atoms with Crippen LogP contribution in [0, 0.1) is 3.57 Å². The second-order valence-corrected chi connectivity index (χ2v) is 6.16. The van der Waals surface area contributed by atoms with Gasteiger partial charge in [0.1, 0.15) is 6.04 Å². The fourth-order valence-corrected chi connectivity index (χ4v) is 2.20. The minimum Gasteiger partial charge on any atom is -0.480 e. The number of unbranched alkanes of at least 4 members (excludes halogenated alkanes) is 1. The number of hydrogen-bond donors (Lipinski definition) is 3. The zero-order chi connectivity index (χ0) is 15.7. The topological polar surface area (TPSA) is 92.4 Å². The summed E-state index contributed by atoms with van der Waals surface area (Å²) in [4.78, 5) is 22.2. The minimum atomic E-state index is -0.975. The van der Waals surface area contributed by atoms with E-state index in [-0.39, 0.29) is 5.91 Å². The maximum Gasteiger partial charge on any atom is 0.320 e. The van der Waals surface area contributed by atoms with Crippen molar-refractivity contribution in [2.75, 3.05) is 6.54 Å². The summed E-state index contributed by atoms with van der Waals surface area (Å²) in [7, 11) is 0. The lowest BCUT2D eigenvalue weighted by molar-refractivity contribution is -0.138. The number of carboxylic acids is 1. The first-order valence-electron chi connectivity index (χ1n) is 6.98. The molecule has 0 heterocycles. The molecule has 1 aromatic carbocycles. The smallest absolute Gasteiger partial charge is 0.320 e. The number of aryl methyl sites for hydroxylation is 1. The van der Waals surface area contributed by atoms with E-state index in [0.717, 1.165) is 18.4 Å². The molecule has 0 aliphatic carbocycles. The zero-order valence-corrected chi connectivity index (χ0v) is 14.0. The normalized spacial score (nSPS) is 11.9. The summed E-state index contributed by atoms with van der Waals surface area (Å²) < 4.78 is 1.18. The number of amides is 1. The van der Waals surface area contributed by atoms with Crippen LogP contribution in [0.5, 0.6) is 0 Å². The van der Waals surface area contributed by atoms with Gasteiger partial charge in [-0.05, 0) is 66.0 Å². The van der Waals surface area contributed by atoms with Crippen LogP contribution in [0.15, 0.2) is 24.3 Å². The Morgan fingerprint density at radius 3 is 2.52 bits per heavy atom. The van der Waals surface area contributed by atoms with Crippen molar-refractivity contribution < 1.29 is 14.7 Å². The molecule has 1 aromatic rings. The fraction of sp³-hybridized carbons (Fsp3) is 0.467. The van der Waals surface area contributed by atoms with Gasteiger partial charge in [0.25, 0.3) is 0 Å². The second kappa shape index (κ2) is 9.73. The van der Waals surface area contributed by atoms with Crippen molar-refractivity contribution in [3.63, 3.8) is 0 Å². The van der Waals surface area contributed by atoms with E-state index < -0.39 is 12.0 Å². The van der Waals surface area contributed by atoms with Gasteiger partial charge in [0.05, 0.1) is 0 Å². The summed E-state index contributed by atoms with van der Waals surface area (Å²) in [5.41, 5.74) is 6.54. The molecule has 0 bridgehead atoms. The molecule has 0 aromatic heterocycles. The summed E-state index contributed by atoms with van der Waals surface area (Å²) in [6.45, 7) is 0.567. The van der Waals surface area contributed by atoms with Gasteiger partial charge in [-0.2, -0.15) is 0 Å². The van der Waals surface area contributed by atoms with Crippen LogP contribution in [0.2, 0.25) is 0 Å². The van der Waals surface area contributed by atoms with Gasteiger partial charge >= 0.3 is 5.97 Å². The molecular weight excluding hydrogens is 380 g/mol. The number of benzene rings is 1. The number of hydrogen-bond acceptors (Lipinski definition) is 3. The molecule has 21 heavy (non-hydrogen) atoms. The van der Waals surface area contributed by atoms with Crippen LogP contribution in [0.1, 0.15) is 31.2 Å². The van der Waals surface area contributed by atoms with E-state index in [4.69, 9.17) is 10.8 Å². The predicted molar refractivity (Wildman–Crippen MR) is 90.0 cm³/mol. The largest absolute Gasteiger partial charge is 0.480 e. The molecule has 5 nitrogen and oxygen atoms in total. The summed E-state index contributed by atoms with van der Waals surface area (Å²) >= 11 is 2.25. The average Bonchev–Trinajstić information content (AvgIpc) is 2.46. The third-order valence-electron chi connectivity index (χ3n) is 3.14. The van der Waals surface area contributed by atoms with Crippen molar-refractivity contribution >= 4 is 34.5 Å². The number of carbonyl (C=O) groups is 2. The standard InChI is InChI=1S/C15H21IN2O3/c16-12-7-4-11(5-8-12)6-9-14(19)18-10-2-1-3-13(17)15(20)21/h4-5,7-8,13H,1-3,6,9-10,17H2,(H,18,19)(H,20,21)/t13-/m0/s1/i16-3. The predicted octanol–water partition coefficient (Wildman–Crippen LogP) is 1.92. The molecule has 0 radical (unpaired) electrons. The molecule has 116 valence electrons. The summed E-state index contributed by atoms with van der Waals surface area (Å²) in [6, 6.07) is 7.31. The molecule has 1 atom stereocenters. The van der Waals surface area contributed by atoms with Gasteiger partial charge in [-0.25, -0.2) is 0 Å². The van der Waals surface area contributed by atoms with Crippen LogP contribution in [-0.2, 0) is 16.0 Å². The minimum absolute atomic E-state index is 0.0242. The Morgan fingerprint density at radius 1 is 1.24 bits per heavy atom. The maximum atomic E-state index is 11.7. The van der Waals surface area contributed by atoms with Gasteiger partial charge in [0, 0.05) is 16.5 Å². The SMILES string of the molecule is N[C@@H](CCCCNC(=O)CCc1ccc([124I])cc1)C(=O)O. The highest BCUT2D eigenvalue weighted by molar-refractivity contribution is 14.1. The molecule has 6 heteroatoms. The average molecular weight is 401 g/mol. The summed E-state index contributed by atoms with van der Waals surface area (Å²) in [5.74, 6) is -0.951. The Kier molecular flexibility index (Phi) is 8.29. The zero-order valence-electron chi connectivity index (χ0n) is 11.8. The molecule has 0 saturated heterocycles. The van der Waals surface area contributed by atoms with Crippen LogP contribution in [0.25, 0.3) is 0 Å². The molecule has 1 rings (SSSR count). The number of carboxylic acid groups (broad SMARTS) is 1. The van der Waals surface area contributed by atoms with Crippen molar-refractivity contribution in [1.82, 2.24) is 5.32 Å². The Balaban J connectivity index is 2.09. The number of aliphatic carboxylic acids is 1. The Hall–Kier alpha value is -1.15. The van der Waals surface area contributed by atoms with Crippen molar-refractivity contribution in [2.45, 2.75) is 38.1 Å². The van der Waals surface area contributed by atoms with E-state index in [0.29, 0.717) is 25.8 Å². The van der Waals surface area contributed by atoms with E-state index in [1.165, 1.54) is 3.57 Å². The van der Waals surface area contributed by atoms with Crippen LogP contribution >= 0.6 is 22.6 Å². The maximum absolute atomic E-state index is 11.7. The fourth-order valence-electron chi connectivity index (χ4n) is 1.84. The first kappa shape index (κ1) is 17.9. The molecule has 4 N–H and O–H groups in total. The summed E-state index contributed by atoms with van der Waals surface area (Å²) in [6.07, 6.45) is 3.08. The summed E-state index contributed by atoms with van der Waals surface area (Å²) in [5, 5.41) is 11.5. The lowest BCUT2D eigenvalue weighted by Crippen LogP contribution is -2.30. The second-order valence-electron chi connectivity index (χ2n) is 4.92. The third kappa shape index (κ3) is 8.01. The van der Waals surface area contributed by atoms with Crippen molar-refractivity contribution in [3.8, 4) is 0 Å². The number of nitrogens with two attached hydrogens (primary N) is 1. The van der Waals surface area contributed by atoms with Crippen LogP contribution < -0.4 is 11.1 Å². The first-order valence-corrected chi connectivity index (χ1v) is 8.06. The highest BCUT2D eigenvalue weighted by Crippen LogP contribution is 2.08.